The van der Waals surface area contributed by atoms with Gasteiger partial charge in [-0.15, -0.1) is 0 Å². The summed E-state index contributed by atoms with van der Waals surface area (Å²) in [5.74, 6) is 0.999. The van der Waals surface area contributed by atoms with Gasteiger partial charge in [0.25, 0.3) is 0 Å². The Bertz CT molecular complexity index is 411. The van der Waals surface area contributed by atoms with Crippen molar-refractivity contribution in [2.45, 2.75) is 33.6 Å². The predicted molar refractivity (Wildman–Crippen MR) is 66.5 cm³/mol. The lowest BCUT2D eigenvalue weighted by atomic mass is 9.99. The van der Waals surface area contributed by atoms with E-state index in [1.165, 1.54) is 0 Å². The van der Waals surface area contributed by atoms with Crippen molar-refractivity contribution in [3.05, 3.63) is 27.8 Å². The number of benzene rings is 1. The Hall–Kier alpha value is -1.02. The lowest BCUT2D eigenvalue weighted by molar-refractivity contribution is -0.116. The fourth-order valence-electron chi connectivity index (χ4n) is 1.75. The summed E-state index contributed by atoms with van der Waals surface area (Å²) < 4.78 is 5.32. The van der Waals surface area contributed by atoms with Gasteiger partial charge in [0.1, 0.15) is 11.5 Å². The summed E-state index contributed by atoms with van der Waals surface area (Å²) in [5.41, 5.74) is 3.05. The molecule has 2 nitrogen and oxygen atoms in total. The minimum atomic E-state index is 0.179. The van der Waals surface area contributed by atoms with Gasteiger partial charge in [0, 0.05) is 11.4 Å². The summed E-state index contributed by atoms with van der Waals surface area (Å²) in [4.78, 5) is 11.0. The molecule has 0 N–H and O–H groups in total. The van der Waals surface area contributed by atoms with Crippen LogP contribution >= 0.6 is 11.6 Å². The zero-order valence-electron chi connectivity index (χ0n) is 10.2. The Balaban J connectivity index is 3.14. The summed E-state index contributed by atoms with van der Waals surface area (Å²) >= 11 is 6.19. The summed E-state index contributed by atoms with van der Waals surface area (Å²) in [5, 5.41) is 0.763. The van der Waals surface area contributed by atoms with Gasteiger partial charge < -0.3 is 9.53 Å². The number of ketones is 1. The van der Waals surface area contributed by atoms with E-state index in [0.717, 1.165) is 27.5 Å². The molecule has 1 aromatic rings. The first-order chi connectivity index (χ1) is 7.47. The number of ether oxygens (including phenoxy) is 1. The average Bonchev–Trinajstić information content (AvgIpc) is 2.23. The molecule has 1 aromatic carbocycles. The monoisotopic (exact) mass is 240 g/mol. The number of hydrogen-bond acceptors (Lipinski definition) is 2. The number of carbonyl (C=O) groups excluding carboxylic acids is 1. The molecule has 0 spiro atoms. The predicted octanol–water partition coefficient (Wildman–Crippen LogP) is 3.49. The van der Waals surface area contributed by atoms with E-state index in [9.17, 15) is 4.79 Å². The minimum absolute atomic E-state index is 0.179. The van der Waals surface area contributed by atoms with Crippen molar-refractivity contribution in [2.24, 2.45) is 0 Å². The molecule has 0 aromatic heterocycles. The third kappa shape index (κ3) is 2.76. The van der Waals surface area contributed by atoms with Gasteiger partial charge in [-0.05, 0) is 49.9 Å². The molecule has 0 heterocycles. The van der Waals surface area contributed by atoms with E-state index in [2.05, 4.69) is 0 Å². The normalized spacial score (nSPS) is 10.3. The van der Waals surface area contributed by atoms with Crippen molar-refractivity contribution >= 4 is 17.4 Å². The zero-order valence-corrected chi connectivity index (χ0v) is 10.9. The van der Waals surface area contributed by atoms with Crippen molar-refractivity contribution in [2.75, 3.05) is 7.11 Å². The highest BCUT2D eigenvalue weighted by atomic mass is 35.5. The number of halogens is 1. The number of rotatable bonds is 4. The number of aryl methyl sites for hydroxylation is 1. The highest BCUT2D eigenvalue weighted by Gasteiger charge is 2.12. The second-order valence-corrected chi connectivity index (χ2v) is 4.39. The Morgan fingerprint density at radius 1 is 1.44 bits per heavy atom. The molecule has 0 aliphatic heterocycles. The second kappa shape index (κ2) is 5.35. The molecular formula is C13H17ClO2. The molecule has 0 amide bonds. The lowest BCUT2D eigenvalue weighted by Gasteiger charge is -2.14. The number of Topliss-reactive ketones (excluding diaryl/α,β-unsaturated/α-hetero) is 1. The Morgan fingerprint density at radius 2 is 2.06 bits per heavy atom. The molecular weight excluding hydrogens is 224 g/mol. The van der Waals surface area contributed by atoms with E-state index in [0.29, 0.717) is 12.8 Å². The fourth-order valence-corrected chi connectivity index (χ4v) is 1.92. The van der Waals surface area contributed by atoms with Crippen LogP contribution in [0.25, 0.3) is 0 Å². The molecule has 0 bridgehead atoms. The average molecular weight is 241 g/mol. The maximum atomic E-state index is 11.0. The highest BCUT2D eigenvalue weighted by Crippen LogP contribution is 2.32. The minimum Gasteiger partial charge on any atom is -0.496 e. The molecule has 0 radical (unpaired) electrons. The summed E-state index contributed by atoms with van der Waals surface area (Å²) in [7, 11) is 1.64. The van der Waals surface area contributed by atoms with Gasteiger partial charge in [-0.3, -0.25) is 0 Å². The molecule has 0 aliphatic rings. The second-order valence-electron chi connectivity index (χ2n) is 4.02. The van der Waals surface area contributed by atoms with Crippen LogP contribution in [0.1, 0.15) is 30.0 Å². The van der Waals surface area contributed by atoms with Crippen molar-refractivity contribution in [3.63, 3.8) is 0 Å². The van der Waals surface area contributed by atoms with Crippen molar-refractivity contribution < 1.29 is 9.53 Å². The molecule has 88 valence electrons. The van der Waals surface area contributed by atoms with E-state index in [-0.39, 0.29) is 5.78 Å². The van der Waals surface area contributed by atoms with Gasteiger partial charge in [0.15, 0.2) is 0 Å². The van der Waals surface area contributed by atoms with Crippen LogP contribution in [0.15, 0.2) is 6.07 Å². The van der Waals surface area contributed by atoms with Gasteiger partial charge in [-0.25, -0.2) is 0 Å². The summed E-state index contributed by atoms with van der Waals surface area (Å²) in [6, 6.07) is 1.92. The van der Waals surface area contributed by atoms with Gasteiger partial charge in [0.05, 0.1) is 7.11 Å². The quantitative estimate of drug-likeness (QED) is 0.805. The van der Waals surface area contributed by atoms with Gasteiger partial charge in [-0.1, -0.05) is 11.6 Å². The first-order valence-electron chi connectivity index (χ1n) is 5.29. The Kier molecular flexibility index (Phi) is 4.36. The first-order valence-corrected chi connectivity index (χ1v) is 5.67. The van der Waals surface area contributed by atoms with Crippen LogP contribution in [0.4, 0.5) is 0 Å². The third-order valence-corrected chi connectivity index (χ3v) is 3.30. The Morgan fingerprint density at radius 3 is 2.56 bits per heavy atom. The van der Waals surface area contributed by atoms with Gasteiger partial charge in [0.2, 0.25) is 0 Å². The van der Waals surface area contributed by atoms with E-state index >= 15 is 0 Å². The van der Waals surface area contributed by atoms with E-state index in [4.69, 9.17) is 16.3 Å². The standard InChI is InChI=1S/C13H17ClO2/c1-8-7-12(16-4)11(6-5-9(2)15)10(3)13(8)14/h7H,5-6H2,1-4H3. The molecule has 0 aliphatic carbocycles. The Labute approximate surface area is 102 Å². The largest absolute Gasteiger partial charge is 0.496 e. The van der Waals surface area contributed by atoms with Gasteiger partial charge >= 0.3 is 0 Å². The number of hydrogen-bond donors (Lipinski definition) is 0. The number of methoxy groups -OCH3 is 1. The molecule has 0 fully saturated rings. The molecule has 16 heavy (non-hydrogen) atoms. The van der Waals surface area contributed by atoms with Crippen LogP contribution in [0.2, 0.25) is 5.02 Å². The van der Waals surface area contributed by atoms with Crippen LogP contribution in [-0.2, 0) is 11.2 Å². The van der Waals surface area contributed by atoms with Crippen molar-refractivity contribution in [1.29, 1.82) is 0 Å². The van der Waals surface area contributed by atoms with Crippen LogP contribution in [0.5, 0.6) is 5.75 Å². The molecule has 0 saturated carbocycles. The molecule has 0 unspecified atom stereocenters. The van der Waals surface area contributed by atoms with Crippen LogP contribution in [-0.4, -0.2) is 12.9 Å². The lowest BCUT2D eigenvalue weighted by Crippen LogP contribution is -2.01. The smallest absolute Gasteiger partial charge is 0.130 e. The fraction of sp³-hybridized carbons (Fsp3) is 0.462. The molecule has 0 atom stereocenters. The summed E-state index contributed by atoms with van der Waals surface area (Å²) in [6.07, 6.45) is 1.21. The third-order valence-electron chi connectivity index (χ3n) is 2.72. The number of carbonyl (C=O) groups is 1. The first kappa shape index (κ1) is 13.0. The van der Waals surface area contributed by atoms with Crippen LogP contribution in [0, 0.1) is 13.8 Å². The molecule has 3 heteroatoms. The van der Waals surface area contributed by atoms with Crippen molar-refractivity contribution in [3.8, 4) is 5.75 Å². The van der Waals surface area contributed by atoms with E-state index in [1.807, 2.05) is 19.9 Å². The van der Waals surface area contributed by atoms with Crippen molar-refractivity contribution in [1.82, 2.24) is 0 Å². The molecule has 1 rings (SSSR count). The molecule has 0 saturated heterocycles. The maximum Gasteiger partial charge on any atom is 0.130 e. The van der Waals surface area contributed by atoms with Gasteiger partial charge in [-0.2, -0.15) is 0 Å². The topological polar surface area (TPSA) is 26.3 Å². The van der Waals surface area contributed by atoms with Crippen LogP contribution < -0.4 is 4.74 Å². The maximum absolute atomic E-state index is 11.0. The highest BCUT2D eigenvalue weighted by molar-refractivity contribution is 6.32. The zero-order chi connectivity index (χ0) is 12.3. The van der Waals surface area contributed by atoms with Crippen LogP contribution in [0.3, 0.4) is 0 Å². The SMILES string of the molecule is COc1cc(C)c(Cl)c(C)c1CCC(C)=O. The summed E-state index contributed by atoms with van der Waals surface area (Å²) in [6.45, 7) is 5.51. The van der Waals surface area contributed by atoms with E-state index < -0.39 is 0 Å². The van der Waals surface area contributed by atoms with E-state index in [1.54, 1.807) is 14.0 Å².